The van der Waals surface area contributed by atoms with Crippen LogP contribution in [0.3, 0.4) is 0 Å². The van der Waals surface area contributed by atoms with Crippen molar-refractivity contribution in [1.82, 2.24) is 15.6 Å². The second-order valence-electron chi connectivity index (χ2n) is 4.98. The van der Waals surface area contributed by atoms with Gasteiger partial charge in [0.1, 0.15) is 0 Å². The molecule has 5 nitrogen and oxygen atoms in total. The molecule has 2 aromatic rings. The van der Waals surface area contributed by atoms with Crippen LogP contribution in [0.2, 0.25) is 0 Å². The first-order valence-electron chi connectivity index (χ1n) is 6.86. The molecule has 1 aliphatic heterocycles. The topological polar surface area (TPSA) is 63.2 Å². The first-order chi connectivity index (χ1) is 10.3. The van der Waals surface area contributed by atoms with Crippen LogP contribution in [0.1, 0.15) is 27.0 Å². The number of aromatic nitrogens is 1. The maximum Gasteiger partial charge on any atom is 0.251 e. The summed E-state index contributed by atoms with van der Waals surface area (Å²) in [6.07, 6.45) is 1.67. The molecule has 1 aromatic heterocycles. The molecule has 1 amide bonds. The number of carbonyl (C=O) groups is 1. The van der Waals surface area contributed by atoms with Gasteiger partial charge in [0.15, 0.2) is 0 Å². The van der Waals surface area contributed by atoms with Gasteiger partial charge < -0.3 is 15.4 Å². The number of hydrogen-bond acceptors (Lipinski definition) is 4. The fourth-order valence-electron chi connectivity index (χ4n) is 2.39. The number of nitrogens with zero attached hydrogens (tertiary/aromatic N) is 1. The molecular weight excluding hydrogens is 266 g/mol. The van der Waals surface area contributed by atoms with Crippen LogP contribution in [0.15, 0.2) is 36.5 Å². The van der Waals surface area contributed by atoms with E-state index in [1.54, 1.807) is 13.3 Å². The third kappa shape index (κ3) is 3.03. The molecular formula is C16H17N3O2. The van der Waals surface area contributed by atoms with Gasteiger partial charge in [-0.25, -0.2) is 4.98 Å². The number of rotatable bonds is 4. The van der Waals surface area contributed by atoms with Gasteiger partial charge in [-0.15, -0.1) is 0 Å². The van der Waals surface area contributed by atoms with Crippen molar-refractivity contribution >= 4 is 5.91 Å². The van der Waals surface area contributed by atoms with E-state index in [2.05, 4.69) is 15.6 Å². The first-order valence-corrected chi connectivity index (χ1v) is 6.86. The van der Waals surface area contributed by atoms with Crippen molar-refractivity contribution in [2.24, 2.45) is 0 Å². The molecule has 0 atom stereocenters. The number of amides is 1. The van der Waals surface area contributed by atoms with Crippen molar-refractivity contribution in [2.75, 3.05) is 7.11 Å². The molecule has 0 radical (unpaired) electrons. The number of hydrogen-bond donors (Lipinski definition) is 2. The van der Waals surface area contributed by atoms with E-state index < -0.39 is 0 Å². The van der Waals surface area contributed by atoms with E-state index in [1.165, 1.54) is 11.1 Å². The standard InChI is InChI=1S/C16H17N3O2/c1-21-15-6-11(4-5-18-15)8-19-16(20)12-2-3-13-9-17-10-14(13)7-12/h2-7,17H,8-10H2,1H3,(H,19,20). The van der Waals surface area contributed by atoms with Crippen LogP contribution in [-0.4, -0.2) is 18.0 Å². The quantitative estimate of drug-likeness (QED) is 0.895. The summed E-state index contributed by atoms with van der Waals surface area (Å²) in [4.78, 5) is 16.2. The highest BCUT2D eigenvalue weighted by atomic mass is 16.5. The van der Waals surface area contributed by atoms with Gasteiger partial charge in [-0.3, -0.25) is 4.79 Å². The summed E-state index contributed by atoms with van der Waals surface area (Å²) in [5, 5.41) is 6.19. The second-order valence-corrected chi connectivity index (χ2v) is 4.98. The normalized spacial score (nSPS) is 12.8. The highest BCUT2D eigenvalue weighted by Gasteiger charge is 2.13. The minimum absolute atomic E-state index is 0.0690. The minimum Gasteiger partial charge on any atom is -0.481 e. The van der Waals surface area contributed by atoms with Gasteiger partial charge in [0.05, 0.1) is 7.11 Å². The molecule has 0 unspecified atom stereocenters. The molecule has 0 fully saturated rings. The van der Waals surface area contributed by atoms with Gasteiger partial charge in [-0.05, 0) is 34.9 Å². The van der Waals surface area contributed by atoms with E-state index in [0.717, 1.165) is 18.7 Å². The summed E-state index contributed by atoms with van der Waals surface area (Å²) in [5.74, 6) is 0.478. The van der Waals surface area contributed by atoms with Gasteiger partial charge >= 0.3 is 0 Å². The van der Waals surface area contributed by atoms with E-state index in [-0.39, 0.29) is 5.91 Å². The molecule has 5 heteroatoms. The van der Waals surface area contributed by atoms with Gasteiger partial charge in [-0.2, -0.15) is 0 Å². The van der Waals surface area contributed by atoms with Crippen LogP contribution in [0.25, 0.3) is 0 Å². The number of pyridine rings is 1. The zero-order valence-electron chi connectivity index (χ0n) is 11.8. The molecule has 0 saturated carbocycles. The van der Waals surface area contributed by atoms with Crippen LogP contribution in [-0.2, 0) is 19.6 Å². The second kappa shape index (κ2) is 5.93. The lowest BCUT2D eigenvalue weighted by Gasteiger charge is -2.07. The van der Waals surface area contributed by atoms with Crippen molar-refractivity contribution in [3.8, 4) is 5.88 Å². The van der Waals surface area contributed by atoms with Gasteiger partial charge in [-0.1, -0.05) is 6.07 Å². The Morgan fingerprint density at radius 3 is 3.00 bits per heavy atom. The summed E-state index contributed by atoms with van der Waals surface area (Å²) >= 11 is 0. The van der Waals surface area contributed by atoms with E-state index in [4.69, 9.17) is 4.74 Å². The summed E-state index contributed by atoms with van der Waals surface area (Å²) in [7, 11) is 1.57. The number of fused-ring (bicyclic) bond motifs is 1. The maximum absolute atomic E-state index is 12.2. The molecule has 21 heavy (non-hydrogen) atoms. The zero-order valence-corrected chi connectivity index (χ0v) is 11.8. The SMILES string of the molecule is COc1cc(CNC(=O)c2ccc3c(c2)CNC3)ccn1. The van der Waals surface area contributed by atoms with Crippen molar-refractivity contribution in [3.05, 3.63) is 58.8 Å². The van der Waals surface area contributed by atoms with E-state index in [0.29, 0.717) is 18.0 Å². The Balaban J connectivity index is 1.66. The Kier molecular flexibility index (Phi) is 3.83. The van der Waals surface area contributed by atoms with E-state index in [1.807, 2.05) is 30.3 Å². The first kappa shape index (κ1) is 13.6. The number of benzene rings is 1. The van der Waals surface area contributed by atoms with Crippen LogP contribution >= 0.6 is 0 Å². The molecule has 1 aliphatic rings. The van der Waals surface area contributed by atoms with E-state index in [9.17, 15) is 4.79 Å². The maximum atomic E-state index is 12.2. The summed E-state index contributed by atoms with van der Waals surface area (Å²) in [6, 6.07) is 9.51. The number of methoxy groups -OCH3 is 1. The number of ether oxygens (including phenoxy) is 1. The Morgan fingerprint density at radius 2 is 2.14 bits per heavy atom. The lowest BCUT2D eigenvalue weighted by molar-refractivity contribution is 0.0950. The van der Waals surface area contributed by atoms with E-state index >= 15 is 0 Å². The molecule has 0 aliphatic carbocycles. The van der Waals surface area contributed by atoms with Gasteiger partial charge in [0, 0.05) is 37.5 Å². The molecule has 1 aromatic carbocycles. The van der Waals surface area contributed by atoms with Crippen molar-refractivity contribution < 1.29 is 9.53 Å². The molecule has 108 valence electrons. The van der Waals surface area contributed by atoms with Crippen LogP contribution in [0.5, 0.6) is 5.88 Å². The Hall–Kier alpha value is -2.40. The lowest BCUT2D eigenvalue weighted by atomic mass is 10.1. The lowest BCUT2D eigenvalue weighted by Crippen LogP contribution is -2.23. The van der Waals surface area contributed by atoms with Crippen molar-refractivity contribution in [2.45, 2.75) is 19.6 Å². The predicted molar refractivity (Wildman–Crippen MR) is 78.9 cm³/mol. The number of carbonyl (C=O) groups excluding carboxylic acids is 1. The molecule has 0 bridgehead atoms. The largest absolute Gasteiger partial charge is 0.481 e. The highest BCUT2D eigenvalue weighted by molar-refractivity contribution is 5.94. The monoisotopic (exact) mass is 283 g/mol. The highest BCUT2D eigenvalue weighted by Crippen LogP contribution is 2.17. The fourth-order valence-corrected chi connectivity index (χ4v) is 2.39. The van der Waals surface area contributed by atoms with Crippen LogP contribution in [0.4, 0.5) is 0 Å². The van der Waals surface area contributed by atoms with Crippen LogP contribution in [0, 0.1) is 0 Å². The average Bonchev–Trinajstić information content (AvgIpc) is 3.00. The Bertz CT molecular complexity index is 670. The summed E-state index contributed by atoms with van der Waals surface area (Å²) in [6.45, 7) is 2.17. The summed E-state index contributed by atoms with van der Waals surface area (Å²) in [5.41, 5.74) is 4.12. The third-order valence-corrected chi connectivity index (χ3v) is 3.56. The number of nitrogens with one attached hydrogen (secondary N) is 2. The predicted octanol–water partition coefficient (Wildman–Crippen LogP) is 1.62. The summed E-state index contributed by atoms with van der Waals surface area (Å²) < 4.78 is 5.07. The molecule has 2 heterocycles. The Morgan fingerprint density at radius 1 is 1.29 bits per heavy atom. The van der Waals surface area contributed by atoms with Gasteiger partial charge in [0.25, 0.3) is 5.91 Å². The Labute approximate surface area is 123 Å². The third-order valence-electron chi connectivity index (χ3n) is 3.56. The fraction of sp³-hybridized carbons (Fsp3) is 0.250. The van der Waals surface area contributed by atoms with Crippen molar-refractivity contribution in [3.63, 3.8) is 0 Å². The van der Waals surface area contributed by atoms with Crippen LogP contribution < -0.4 is 15.4 Å². The smallest absolute Gasteiger partial charge is 0.251 e. The zero-order chi connectivity index (χ0) is 14.7. The van der Waals surface area contributed by atoms with Gasteiger partial charge in [0.2, 0.25) is 5.88 Å². The molecule has 0 spiro atoms. The van der Waals surface area contributed by atoms with Crippen molar-refractivity contribution in [1.29, 1.82) is 0 Å². The average molecular weight is 283 g/mol. The molecule has 0 saturated heterocycles. The molecule has 2 N–H and O–H groups in total. The minimum atomic E-state index is -0.0690. The molecule has 3 rings (SSSR count).